The fourth-order valence-corrected chi connectivity index (χ4v) is 3.88. The van der Waals surface area contributed by atoms with Gasteiger partial charge in [0.1, 0.15) is 17.4 Å². The predicted molar refractivity (Wildman–Crippen MR) is 122 cm³/mol. The Hall–Kier alpha value is -4.21. The number of fused-ring (bicyclic) bond motifs is 1. The molecule has 0 atom stereocenters. The van der Waals surface area contributed by atoms with Crippen molar-refractivity contribution in [3.63, 3.8) is 0 Å². The summed E-state index contributed by atoms with van der Waals surface area (Å²) in [7, 11) is 1.32. The summed E-state index contributed by atoms with van der Waals surface area (Å²) >= 11 is 0. The Labute approximate surface area is 197 Å². The summed E-state index contributed by atoms with van der Waals surface area (Å²) in [5, 5.41) is 6.14. The van der Waals surface area contributed by atoms with Gasteiger partial charge in [0.2, 0.25) is 0 Å². The molecule has 5 rings (SSSR count). The maximum Gasteiger partial charge on any atom is 0.417 e. The number of hydrogen-bond acceptors (Lipinski definition) is 5. The maximum absolute atomic E-state index is 14.1. The third-order valence-electron chi connectivity index (χ3n) is 5.62. The first-order valence-corrected chi connectivity index (χ1v) is 10.6. The molecule has 2 aromatic carbocycles. The summed E-state index contributed by atoms with van der Waals surface area (Å²) in [4.78, 5) is 11.9. The lowest BCUT2D eigenvalue weighted by molar-refractivity contribution is -0.137. The van der Waals surface area contributed by atoms with Crippen molar-refractivity contribution in [1.82, 2.24) is 20.0 Å². The van der Waals surface area contributed by atoms with Gasteiger partial charge < -0.3 is 9.72 Å². The maximum atomic E-state index is 14.1. The van der Waals surface area contributed by atoms with E-state index < -0.39 is 11.7 Å². The summed E-state index contributed by atoms with van der Waals surface area (Å²) in [6.45, 7) is 0.759. The second-order valence-electron chi connectivity index (χ2n) is 7.95. The molecule has 0 bridgehead atoms. The largest absolute Gasteiger partial charge is 0.497 e. The average Bonchev–Trinajstić information content (AvgIpc) is 3.27. The third-order valence-corrected chi connectivity index (χ3v) is 5.62. The van der Waals surface area contributed by atoms with Crippen molar-refractivity contribution in [1.29, 1.82) is 0 Å². The molecule has 0 spiro atoms. The standard InChI is InChI=1S/C25H19F4N5O/c1-35-16-7-8-17(19(10-16)25(27,28)29)21-9-6-15(11-30-21)13-34-14-23-22(12-31-34)32-24(33-23)18-4-2-3-5-20(18)26/h2-12H,13-14H2,1H3,(H,32,33). The molecule has 178 valence electrons. The van der Waals surface area contributed by atoms with Crippen molar-refractivity contribution in [3.8, 4) is 28.4 Å². The van der Waals surface area contributed by atoms with Crippen LogP contribution in [0.5, 0.6) is 5.75 Å². The topological polar surface area (TPSA) is 66.4 Å². The molecule has 4 aromatic rings. The number of rotatable bonds is 5. The molecule has 1 aliphatic heterocycles. The number of methoxy groups -OCH3 is 1. The minimum absolute atomic E-state index is 0.0253. The van der Waals surface area contributed by atoms with Crippen LogP contribution in [-0.2, 0) is 19.3 Å². The number of alkyl halides is 3. The predicted octanol–water partition coefficient (Wildman–Crippen LogP) is 5.65. The van der Waals surface area contributed by atoms with Crippen molar-refractivity contribution in [3.05, 3.63) is 89.1 Å². The van der Waals surface area contributed by atoms with Crippen LogP contribution < -0.4 is 4.74 Å². The van der Waals surface area contributed by atoms with Crippen LogP contribution in [0.4, 0.5) is 17.6 Å². The van der Waals surface area contributed by atoms with E-state index in [1.807, 2.05) is 0 Å². The van der Waals surface area contributed by atoms with Gasteiger partial charge >= 0.3 is 6.18 Å². The van der Waals surface area contributed by atoms with Crippen LogP contribution in [0.15, 0.2) is 65.9 Å². The zero-order valence-electron chi connectivity index (χ0n) is 18.5. The van der Waals surface area contributed by atoms with E-state index in [1.165, 1.54) is 31.5 Å². The summed E-state index contributed by atoms with van der Waals surface area (Å²) < 4.78 is 59.7. The number of aromatic nitrogens is 3. The van der Waals surface area contributed by atoms with E-state index in [-0.39, 0.29) is 22.8 Å². The monoisotopic (exact) mass is 481 g/mol. The number of halogens is 4. The molecule has 6 nitrogen and oxygen atoms in total. The third kappa shape index (κ3) is 4.59. The minimum atomic E-state index is -4.55. The van der Waals surface area contributed by atoms with Crippen LogP contribution in [0.3, 0.4) is 0 Å². The number of nitrogens with zero attached hydrogens (tertiary/aromatic N) is 4. The van der Waals surface area contributed by atoms with Crippen molar-refractivity contribution in [2.45, 2.75) is 19.3 Å². The van der Waals surface area contributed by atoms with Gasteiger partial charge in [0.25, 0.3) is 0 Å². The van der Waals surface area contributed by atoms with Crippen LogP contribution >= 0.6 is 0 Å². The fourth-order valence-electron chi connectivity index (χ4n) is 3.88. The fraction of sp³-hybridized carbons (Fsp3) is 0.160. The molecule has 0 saturated carbocycles. The van der Waals surface area contributed by atoms with Gasteiger partial charge in [-0.3, -0.25) is 9.99 Å². The molecule has 1 N–H and O–H groups in total. The van der Waals surface area contributed by atoms with Crippen LogP contribution in [0.25, 0.3) is 22.6 Å². The van der Waals surface area contributed by atoms with Gasteiger partial charge in [0.15, 0.2) is 0 Å². The first kappa shape index (κ1) is 22.6. The number of nitrogens with one attached hydrogen (secondary N) is 1. The van der Waals surface area contributed by atoms with E-state index in [2.05, 4.69) is 20.1 Å². The first-order valence-electron chi connectivity index (χ1n) is 10.6. The van der Waals surface area contributed by atoms with E-state index in [0.717, 1.165) is 17.3 Å². The SMILES string of the molecule is COc1ccc(-c2ccc(CN3Cc4nc(-c5ccccc5F)[nH]c4C=N3)cn2)c(C(F)(F)F)c1. The smallest absolute Gasteiger partial charge is 0.417 e. The highest BCUT2D eigenvalue weighted by Gasteiger charge is 2.34. The molecule has 0 radical (unpaired) electrons. The van der Waals surface area contributed by atoms with Crippen molar-refractivity contribution < 1.29 is 22.3 Å². The normalized spacial score (nSPS) is 13.1. The lowest BCUT2D eigenvalue weighted by Gasteiger charge is -2.21. The quantitative estimate of drug-likeness (QED) is 0.374. The second kappa shape index (κ2) is 8.86. The van der Waals surface area contributed by atoms with Gasteiger partial charge in [0, 0.05) is 11.8 Å². The van der Waals surface area contributed by atoms with E-state index in [0.29, 0.717) is 30.2 Å². The van der Waals surface area contributed by atoms with Crippen molar-refractivity contribution in [2.75, 3.05) is 7.11 Å². The Morgan fingerprint density at radius 1 is 1.06 bits per heavy atom. The highest BCUT2D eigenvalue weighted by Crippen LogP contribution is 2.38. The Kier molecular flexibility index (Phi) is 5.72. The molecule has 0 unspecified atom stereocenters. The van der Waals surface area contributed by atoms with Crippen LogP contribution in [-0.4, -0.2) is 33.3 Å². The van der Waals surface area contributed by atoms with E-state index in [1.54, 1.807) is 41.6 Å². The summed E-state index contributed by atoms with van der Waals surface area (Å²) in [6, 6.07) is 13.4. The van der Waals surface area contributed by atoms with Crippen molar-refractivity contribution >= 4 is 6.21 Å². The zero-order chi connectivity index (χ0) is 24.6. The molecule has 0 fully saturated rings. The molecule has 1 aliphatic rings. The Balaban J connectivity index is 1.33. The Morgan fingerprint density at radius 2 is 1.89 bits per heavy atom. The number of hydrogen-bond donors (Lipinski definition) is 1. The summed E-state index contributed by atoms with van der Waals surface area (Å²) in [5.41, 5.74) is 1.93. The van der Waals surface area contributed by atoms with Gasteiger partial charge in [-0.25, -0.2) is 9.37 Å². The number of benzene rings is 2. The Morgan fingerprint density at radius 3 is 2.60 bits per heavy atom. The second-order valence-corrected chi connectivity index (χ2v) is 7.95. The molecule has 3 heterocycles. The van der Waals surface area contributed by atoms with Crippen LogP contribution in [0.2, 0.25) is 0 Å². The number of pyridine rings is 1. The van der Waals surface area contributed by atoms with E-state index >= 15 is 0 Å². The lowest BCUT2D eigenvalue weighted by atomic mass is 10.0. The van der Waals surface area contributed by atoms with Gasteiger partial charge in [-0.1, -0.05) is 18.2 Å². The average molecular weight is 481 g/mol. The number of imidazole rings is 1. The lowest BCUT2D eigenvalue weighted by Crippen LogP contribution is -2.21. The van der Waals surface area contributed by atoms with E-state index in [9.17, 15) is 17.6 Å². The molecule has 0 amide bonds. The molecular weight excluding hydrogens is 462 g/mol. The molecule has 0 aliphatic carbocycles. The number of hydrazone groups is 1. The van der Waals surface area contributed by atoms with Gasteiger partial charge in [-0.15, -0.1) is 0 Å². The van der Waals surface area contributed by atoms with E-state index in [4.69, 9.17) is 4.74 Å². The molecule has 35 heavy (non-hydrogen) atoms. The summed E-state index contributed by atoms with van der Waals surface area (Å²) in [6.07, 6.45) is -1.40. The van der Waals surface area contributed by atoms with Crippen LogP contribution in [0.1, 0.15) is 22.5 Å². The molecule has 10 heteroatoms. The number of ether oxygens (including phenoxy) is 1. The molecule has 2 aromatic heterocycles. The first-order chi connectivity index (χ1) is 16.8. The van der Waals surface area contributed by atoms with Gasteiger partial charge in [-0.05, 0) is 42.0 Å². The van der Waals surface area contributed by atoms with Crippen molar-refractivity contribution in [2.24, 2.45) is 5.10 Å². The van der Waals surface area contributed by atoms with Crippen LogP contribution in [0, 0.1) is 5.82 Å². The zero-order valence-corrected chi connectivity index (χ0v) is 18.5. The number of H-pyrrole nitrogens is 1. The highest BCUT2D eigenvalue weighted by atomic mass is 19.4. The molecular formula is C25H19F4N5O. The Bertz CT molecular complexity index is 1400. The molecule has 0 saturated heterocycles. The van der Waals surface area contributed by atoms with Gasteiger partial charge in [-0.2, -0.15) is 18.3 Å². The number of aromatic amines is 1. The highest BCUT2D eigenvalue weighted by molar-refractivity contribution is 5.80. The minimum Gasteiger partial charge on any atom is -0.497 e. The van der Waals surface area contributed by atoms with Gasteiger partial charge in [0.05, 0.1) is 54.6 Å². The summed E-state index contributed by atoms with van der Waals surface area (Å²) in [5.74, 6) is 0.174.